The van der Waals surface area contributed by atoms with Gasteiger partial charge in [-0.15, -0.1) is 0 Å². The highest BCUT2D eigenvalue weighted by molar-refractivity contribution is 5.80. The van der Waals surface area contributed by atoms with E-state index < -0.39 is 0 Å². The van der Waals surface area contributed by atoms with Crippen LogP contribution in [0.3, 0.4) is 0 Å². The Balaban J connectivity index is 1.36. The average Bonchev–Trinajstić information content (AvgIpc) is 3.11. The molecule has 0 saturated heterocycles. The normalized spacial score (nSPS) is 14.0. The number of carbonyl (C=O) groups is 1. The maximum atomic E-state index is 13.0. The van der Waals surface area contributed by atoms with Crippen molar-refractivity contribution in [3.8, 4) is 11.5 Å². The number of H-pyrrole nitrogens is 1. The van der Waals surface area contributed by atoms with Crippen LogP contribution in [0.2, 0.25) is 0 Å². The molecule has 5 rings (SSSR count). The number of nitrogens with one attached hydrogen (secondary N) is 2. The summed E-state index contributed by atoms with van der Waals surface area (Å²) in [6.45, 7) is 1.26. The van der Waals surface area contributed by atoms with Gasteiger partial charge in [-0.1, -0.05) is 48.5 Å². The molecule has 0 saturated carbocycles. The van der Waals surface area contributed by atoms with Crippen molar-refractivity contribution in [3.05, 3.63) is 89.7 Å². The first kappa shape index (κ1) is 20.1. The summed E-state index contributed by atoms with van der Waals surface area (Å²) >= 11 is 0. The van der Waals surface area contributed by atoms with Gasteiger partial charge in [-0.05, 0) is 41.8 Å². The smallest absolute Gasteiger partial charge is 0.225 e. The SMILES string of the molecule is O=C(Cc1ccc2c(c1)OCCCO2)N[C@H](Cc1ccccc1)c1nc2ccccc2[nH]1. The van der Waals surface area contributed by atoms with Gasteiger partial charge in [0.1, 0.15) is 5.82 Å². The molecular formula is C26H25N3O3. The Hall–Kier alpha value is -3.80. The first-order chi connectivity index (χ1) is 15.7. The number of fused-ring (bicyclic) bond motifs is 2. The number of benzene rings is 3. The van der Waals surface area contributed by atoms with E-state index in [0.717, 1.165) is 40.2 Å². The van der Waals surface area contributed by atoms with Crippen LogP contribution in [0, 0.1) is 0 Å². The monoisotopic (exact) mass is 427 g/mol. The molecule has 2 N–H and O–H groups in total. The molecule has 1 aliphatic rings. The third kappa shape index (κ3) is 4.59. The van der Waals surface area contributed by atoms with Gasteiger partial charge in [0.15, 0.2) is 11.5 Å². The minimum Gasteiger partial charge on any atom is -0.490 e. The number of amides is 1. The van der Waals surface area contributed by atoms with Gasteiger partial charge >= 0.3 is 0 Å². The highest BCUT2D eigenvalue weighted by Gasteiger charge is 2.20. The molecule has 0 aliphatic carbocycles. The van der Waals surface area contributed by atoms with Crippen LogP contribution in [-0.2, 0) is 17.6 Å². The molecule has 0 spiro atoms. The predicted molar refractivity (Wildman–Crippen MR) is 123 cm³/mol. The zero-order valence-corrected chi connectivity index (χ0v) is 17.7. The van der Waals surface area contributed by atoms with Crippen LogP contribution in [0.4, 0.5) is 0 Å². The summed E-state index contributed by atoms with van der Waals surface area (Å²) < 4.78 is 11.5. The van der Waals surface area contributed by atoms with E-state index in [2.05, 4.69) is 22.4 Å². The summed E-state index contributed by atoms with van der Waals surface area (Å²) in [5.41, 5.74) is 3.86. The Labute approximate surface area is 186 Å². The van der Waals surface area contributed by atoms with Crippen LogP contribution in [-0.4, -0.2) is 29.1 Å². The van der Waals surface area contributed by atoms with Crippen molar-refractivity contribution in [2.24, 2.45) is 0 Å². The molecule has 6 heteroatoms. The fourth-order valence-corrected chi connectivity index (χ4v) is 3.95. The Kier molecular flexibility index (Phi) is 5.75. The van der Waals surface area contributed by atoms with Gasteiger partial charge in [-0.25, -0.2) is 4.98 Å². The minimum absolute atomic E-state index is 0.0686. The average molecular weight is 428 g/mol. The molecule has 1 atom stereocenters. The van der Waals surface area contributed by atoms with E-state index in [-0.39, 0.29) is 18.4 Å². The molecule has 32 heavy (non-hydrogen) atoms. The van der Waals surface area contributed by atoms with E-state index in [0.29, 0.717) is 25.4 Å². The molecule has 0 fully saturated rings. The molecule has 1 aliphatic heterocycles. The number of rotatable bonds is 6. The number of ether oxygens (including phenoxy) is 2. The second-order valence-corrected chi connectivity index (χ2v) is 7.96. The second-order valence-electron chi connectivity index (χ2n) is 7.96. The summed E-state index contributed by atoms with van der Waals surface area (Å²) in [7, 11) is 0. The van der Waals surface area contributed by atoms with Crippen molar-refractivity contribution in [1.29, 1.82) is 0 Å². The highest BCUT2D eigenvalue weighted by atomic mass is 16.5. The van der Waals surface area contributed by atoms with Crippen LogP contribution in [0.15, 0.2) is 72.8 Å². The van der Waals surface area contributed by atoms with Gasteiger partial charge in [0.25, 0.3) is 0 Å². The van der Waals surface area contributed by atoms with Crippen LogP contribution >= 0.6 is 0 Å². The molecule has 0 radical (unpaired) electrons. The van der Waals surface area contributed by atoms with Crippen LogP contribution in [0.25, 0.3) is 11.0 Å². The summed E-state index contributed by atoms with van der Waals surface area (Å²) in [6.07, 6.45) is 1.75. The lowest BCUT2D eigenvalue weighted by Crippen LogP contribution is -2.32. The molecule has 3 aromatic carbocycles. The maximum absolute atomic E-state index is 13.0. The molecule has 1 amide bonds. The molecule has 6 nitrogen and oxygen atoms in total. The van der Waals surface area contributed by atoms with Gasteiger partial charge in [0.2, 0.25) is 5.91 Å². The van der Waals surface area contributed by atoms with Crippen LogP contribution in [0.5, 0.6) is 11.5 Å². The van der Waals surface area contributed by atoms with E-state index in [1.807, 2.05) is 60.7 Å². The fourth-order valence-electron chi connectivity index (χ4n) is 3.95. The summed E-state index contributed by atoms with van der Waals surface area (Å²) in [4.78, 5) is 21.1. The van der Waals surface area contributed by atoms with E-state index in [1.165, 1.54) is 0 Å². The molecule has 0 unspecified atom stereocenters. The Morgan fingerprint density at radius 1 is 0.938 bits per heavy atom. The van der Waals surface area contributed by atoms with E-state index in [9.17, 15) is 4.79 Å². The number of imidazole rings is 1. The number of aromatic nitrogens is 2. The summed E-state index contributed by atoms with van der Waals surface area (Å²) in [6, 6.07) is 23.4. The standard InChI is InChI=1S/C26H25N3O3/c30-25(17-19-11-12-23-24(16-19)32-14-6-13-31-23)27-22(15-18-7-2-1-3-8-18)26-28-20-9-4-5-10-21(20)29-26/h1-5,7-12,16,22H,6,13-15,17H2,(H,27,30)(H,28,29)/t22-/m1/s1. The van der Waals surface area contributed by atoms with Crippen molar-refractivity contribution in [2.75, 3.05) is 13.2 Å². The Morgan fingerprint density at radius 3 is 2.56 bits per heavy atom. The molecule has 2 heterocycles. The lowest BCUT2D eigenvalue weighted by Gasteiger charge is -2.17. The quantitative estimate of drug-likeness (QED) is 0.479. The number of para-hydroxylation sites is 2. The second kappa shape index (κ2) is 9.14. The fraction of sp³-hybridized carbons (Fsp3) is 0.231. The zero-order valence-electron chi connectivity index (χ0n) is 17.7. The van der Waals surface area contributed by atoms with Gasteiger partial charge in [0.05, 0.1) is 36.7 Å². The van der Waals surface area contributed by atoms with Crippen LogP contribution in [0.1, 0.15) is 29.4 Å². The number of carbonyl (C=O) groups excluding carboxylic acids is 1. The zero-order chi connectivity index (χ0) is 21.8. The van der Waals surface area contributed by atoms with E-state index >= 15 is 0 Å². The lowest BCUT2D eigenvalue weighted by molar-refractivity contribution is -0.121. The van der Waals surface area contributed by atoms with E-state index in [1.54, 1.807) is 0 Å². The molecule has 4 aromatic rings. The highest BCUT2D eigenvalue weighted by Crippen LogP contribution is 2.30. The maximum Gasteiger partial charge on any atom is 0.225 e. The largest absolute Gasteiger partial charge is 0.490 e. The molecule has 1 aromatic heterocycles. The van der Waals surface area contributed by atoms with Crippen molar-refractivity contribution < 1.29 is 14.3 Å². The minimum atomic E-state index is -0.266. The van der Waals surface area contributed by atoms with Crippen LogP contribution < -0.4 is 14.8 Å². The third-order valence-corrected chi connectivity index (χ3v) is 5.53. The van der Waals surface area contributed by atoms with Gasteiger partial charge < -0.3 is 19.8 Å². The Bertz CT molecular complexity index is 1190. The number of hydrogen-bond donors (Lipinski definition) is 2. The Morgan fingerprint density at radius 2 is 1.72 bits per heavy atom. The third-order valence-electron chi connectivity index (χ3n) is 5.53. The predicted octanol–water partition coefficient (Wildman–Crippen LogP) is 4.37. The first-order valence-electron chi connectivity index (χ1n) is 10.9. The van der Waals surface area contributed by atoms with Crippen molar-refractivity contribution in [1.82, 2.24) is 15.3 Å². The number of hydrogen-bond acceptors (Lipinski definition) is 4. The summed E-state index contributed by atoms with van der Waals surface area (Å²) in [5.74, 6) is 2.12. The lowest BCUT2D eigenvalue weighted by atomic mass is 10.0. The van der Waals surface area contributed by atoms with E-state index in [4.69, 9.17) is 14.5 Å². The van der Waals surface area contributed by atoms with Crippen molar-refractivity contribution in [2.45, 2.75) is 25.3 Å². The topological polar surface area (TPSA) is 76.2 Å². The van der Waals surface area contributed by atoms with Gasteiger partial charge in [0, 0.05) is 6.42 Å². The molecular weight excluding hydrogens is 402 g/mol. The molecule has 162 valence electrons. The number of nitrogens with zero attached hydrogens (tertiary/aromatic N) is 1. The first-order valence-corrected chi connectivity index (χ1v) is 10.9. The summed E-state index contributed by atoms with van der Waals surface area (Å²) in [5, 5.41) is 3.18. The van der Waals surface area contributed by atoms with Gasteiger partial charge in [-0.2, -0.15) is 0 Å². The molecule has 0 bridgehead atoms. The van der Waals surface area contributed by atoms with Crippen molar-refractivity contribution >= 4 is 16.9 Å². The van der Waals surface area contributed by atoms with Crippen molar-refractivity contribution in [3.63, 3.8) is 0 Å². The number of aromatic amines is 1. The van der Waals surface area contributed by atoms with Gasteiger partial charge in [-0.3, -0.25) is 4.79 Å².